The van der Waals surface area contributed by atoms with E-state index in [1.165, 1.54) is 22.7 Å². The van der Waals surface area contributed by atoms with Crippen molar-refractivity contribution in [2.75, 3.05) is 13.2 Å². The number of carboxylic acids is 1. The number of aryl methyl sites for hydroxylation is 1. The molecule has 2 saturated heterocycles. The van der Waals surface area contributed by atoms with Crippen LogP contribution in [0.15, 0.2) is 47.8 Å². The van der Waals surface area contributed by atoms with Gasteiger partial charge >= 0.3 is 11.9 Å². The quantitative estimate of drug-likeness (QED) is 0.249. The zero-order chi connectivity index (χ0) is 25.3. The molecule has 9 nitrogen and oxygen atoms in total. The number of thioether (sulfide) groups is 1. The molecule has 0 aromatic carbocycles. The number of aliphatic carboxylic acids is 1. The van der Waals surface area contributed by atoms with Crippen LogP contribution in [0.4, 0.5) is 0 Å². The fraction of sp³-hybridized carbons (Fsp3) is 0.520. The van der Waals surface area contributed by atoms with Crippen molar-refractivity contribution in [1.29, 1.82) is 0 Å². The van der Waals surface area contributed by atoms with Crippen molar-refractivity contribution in [3.05, 3.63) is 53.3 Å². The Hall–Kier alpha value is -2.69. The second kappa shape index (κ2) is 10.1. The Labute approximate surface area is 208 Å². The van der Waals surface area contributed by atoms with E-state index in [0.29, 0.717) is 17.9 Å². The lowest BCUT2D eigenvalue weighted by molar-refractivity contribution is -0.163. The molecule has 1 amide bonds. The standard InChI is InChI=1S/C25H31N3O6S/c1-4-11-34-24(33)25(12-17(27-13-25)6-5-16-7-9-26-10-8-16)35-21-14(2)19-18(15(3)29)22(30)28(19)20(21)23(31)32/h4,7-10,14-15,17-19,27,29H,1,5-6,11-13H2,2-3H3,(H,31,32)/t14-,15-,17-,18-,19-,25+/m1/s1. The normalized spacial score (nSPS) is 30.6. The summed E-state index contributed by atoms with van der Waals surface area (Å²) in [5, 5.41) is 23.5. The molecular formula is C25H31N3O6S. The summed E-state index contributed by atoms with van der Waals surface area (Å²) >= 11 is 1.20. The average Bonchev–Trinajstić information content (AvgIpc) is 3.35. The maximum atomic E-state index is 13.3. The van der Waals surface area contributed by atoms with Crippen LogP contribution in [-0.2, 0) is 25.5 Å². The van der Waals surface area contributed by atoms with Crippen molar-refractivity contribution < 1.29 is 29.3 Å². The molecule has 3 N–H and O–H groups in total. The fourth-order valence-electron chi connectivity index (χ4n) is 5.35. The molecule has 0 aliphatic carbocycles. The topological polar surface area (TPSA) is 129 Å². The van der Waals surface area contributed by atoms with Crippen molar-refractivity contribution in [1.82, 2.24) is 15.2 Å². The van der Waals surface area contributed by atoms with Gasteiger partial charge in [-0.25, -0.2) is 4.79 Å². The first-order valence-electron chi connectivity index (χ1n) is 11.8. The second-order valence-corrected chi connectivity index (χ2v) is 10.9. The minimum atomic E-state index is -1.21. The largest absolute Gasteiger partial charge is 0.477 e. The van der Waals surface area contributed by atoms with Crippen molar-refractivity contribution in [2.45, 2.75) is 56.0 Å². The minimum absolute atomic E-state index is 0.0291. The van der Waals surface area contributed by atoms with Crippen molar-refractivity contribution >= 4 is 29.6 Å². The number of β-lactam (4-membered cyclic amide) rings is 1. The fourth-order valence-corrected chi connectivity index (χ4v) is 6.97. The van der Waals surface area contributed by atoms with Crippen LogP contribution in [-0.4, -0.2) is 74.0 Å². The van der Waals surface area contributed by atoms with Gasteiger partial charge in [0.2, 0.25) is 5.91 Å². The number of carbonyl (C=O) groups excluding carboxylic acids is 2. The molecule has 35 heavy (non-hydrogen) atoms. The van der Waals surface area contributed by atoms with Crippen LogP contribution < -0.4 is 5.32 Å². The van der Waals surface area contributed by atoms with Gasteiger partial charge < -0.3 is 25.2 Å². The smallest absolute Gasteiger partial charge is 0.353 e. The van der Waals surface area contributed by atoms with Gasteiger partial charge in [-0.1, -0.05) is 19.6 Å². The molecule has 1 aromatic heterocycles. The lowest BCUT2D eigenvalue weighted by atomic mass is 9.79. The first-order valence-corrected chi connectivity index (χ1v) is 12.6. The van der Waals surface area contributed by atoms with Crippen LogP contribution in [0.3, 0.4) is 0 Å². The maximum absolute atomic E-state index is 13.3. The van der Waals surface area contributed by atoms with E-state index < -0.39 is 40.7 Å². The monoisotopic (exact) mass is 501 g/mol. The molecule has 4 heterocycles. The molecular weight excluding hydrogens is 470 g/mol. The van der Waals surface area contributed by atoms with Gasteiger partial charge in [-0.05, 0) is 43.9 Å². The number of rotatable bonds is 10. The van der Waals surface area contributed by atoms with Crippen molar-refractivity contribution in [2.24, 2.45) is 11.8 Å². The number of carboxylic acid groups (broad SMARTS) is 1. The number of hydrogen-bond acceptors (Lipinski definition) is 8. The van der Waals surface area contributed by atoms with Gasteiger partial charge in [0.15, 0.2) is 0 Å². The molecule has 3 aliphatic rings. The highest BCUT2D eigenvalue weighted by Crippen LogP contribution is 2.54. The van der Waals surface area contributed by atoms with E-state index in [1.54, 1.807) is 19.3 Å². The van der Waals surface area contributed by atoms with Crippen LogP contribution in [0.1, 0.15) is 32.3 Å². The molecule has 10 heteroatoms. The number of nitrogens with one attached hydrogen (secondary N) is 1. The van der Waals surface area contributed by atoms with E-state index in [4.69, 9.17) is 4.74 Å². The van der Waals surface area contributed by atoms with Gasteiger partial charge in [-0.3, -0.25) is 14.6 Å². The van der Waals surface area contributed by atoms with E-state index in [2.05, 4.69) is 16.9 Å². The third-order valence-corrected chi connectivity index (χ3v) is 8.76. The Morgan fingerprint density at radius 1 is 1.43 bits per heavy atom. The zero-order valence-electron chi connectivity index (χ0n) is 19.8. The molecule has 0 radical (unpaired) electrons. The van der Waals surface area contributed by atoms with Crippen LogP contribution in [0.25, 0.3) is 0 Å². The predicted molar refractivity (Wildman–Crippen MR) is 130 cm³/mol. The molecule has 3 aliphatic heterocycles. The number of aromatic nitrogens is 1. The summed E-state index contributed by atoms with van der Waals surface area (Å²) in [7, 11) is 0. The number of carbonyl (C=O) groups is 3. The van der Waals surface area contributed by atoms with Gasteiger partial charge in [0.05, 0.1) is 18.1 Å². The number of pyridine rings is 1. The lowest BCUT2D eigenvalue weighted by Gasteiger charge is -2.46. The van der Waals surface area contributed by atoms with E-state index in [1.807, 2.05) is 19.1 Å². The third kappa shape index (κ3) is 4.62. The van der Waals surface area contributed by atoms with E-state index >= 15 is 0 Å². The second-order valence-electron chi connectivity index (χ2n) is 9.43. The zero-order valence-corrected chi connectivity index (χ0v) is 20.7. The van der Waals surface area contributed by atoms with Gasteiger partial charge in [-0.2, -0.15) is 0 Å². The first-order chi connectivity index (χ1) is 16.7. The highest BCUT2D eigenvalue weighted by atomic mass is 32.2. The number of nitrogens with zero attached hydrogens (tertiary/aromatic N) is 2. The Morgan fingerprint density at radius 2 is 2.14 bits per heavy atom. The number of fused-ring (bicyclic) bond motifs is 1. The summed E-state index contributed by atoms with van der Waals surface area (Å²) < 4.78 is 4.43. The molecule has 0 saturated carbocycles. The molecule has 0 spiro atoms. The highest BCUT2D eigenvalue weighted by Gasteiger charge is 2.61. The molecule has 4 rings (SSSR count). The molecule has 2 fully saturated rings. The predicted octanol–water partition coefficient (Wildman–Crippen LogP) is 1.73. The summed E-state index contributed by atoms with van der Waals surface area (Å²) in [5.74, 6) is -3.03. The van der Waals surface area contributed by atoms with E-state index in [0.717, 1.165) is 18.4 Å². The number of hydrogen-bond donors (Lipinski definition) is 3. The third-order valence-electron chi connectivity index (χ3n) is 7.10. The van der Waals surface area contributed by atoms with Crippen LogP contribution in [0, 0.1) is 11.8 Å². The summed E-state index contributed by atoms with van der Waals surface area (Å²) in [6.45, 7) is 7.38. The Kier molecular flexibility index (Phi) is 7.35. The lowest BCUT2D eigenvalue weighted by Crippen LogP contribution is -2.63. The molecule has 0 bridgehead atoms. The first kappa shape index (κ1) is 25.4. The van der Waals surface area contributed by atoms with Gasteiger partial charge in [0.1, 0.15) is 17.1 Å². The van der Waals surface area contributed by atoms with Crippen molar-refractivity contribution in [3.63, 3.8) is 0 Å². The number of esters is 1. The molecule has 188 valence electrons. The summed E-state index contributed by atoms with van der Waals surface area (Å²) in [4.78, 5) is 44.0. The maximum Gasteiger partial charge on any atom is 0.353 e. The van der Waals surface area contributed by atoms with Crippen molar-refractivity contribution in [3.8, 4) is 0 Å². The molecule has 1 aromatic rings. The van der Waals surface area contributed by atoms with E-state index in [-0.39, 0.29) is 24.3 Å². The number of aliphatic hydroxyl groups is 1. The number of amides is 1. The average molecular weight is 502 g/mol. The highest BCUT2D eigenvalue weighted by molar-refractivity contribution is 8.05. The van der Waals surface area contributed by atoms with Gasteiger partial charge in [0.25, 0.3) is 0 Å². The SMILES string of the molecule is C=CCOC(=O)[C@@]1(SC2=C(C(=O)O)N3C(=O)[C@H]([C@@H](C)O)[C@H]3[C@H]2C)CN[C@H](CCc2ccncc2)C1. The Balaban J connectivity index is 1.59. The van der Waals surface area contributed by atoms with Crippen LogP contribution in [0.2, 0.25) is 0 Å². The molecule has 0 unspecified atom stereocenters. The summed E-state index contributed by atoms with van der Waals surface area (Å²) in [6.07, 6.45) is 6.16. The van der Waals surface area contributed by atoms with Crippen LogP contribution in [0.5, 0.6) is 0 Å². The van der Waals surface area contributed by atoms with Gasteiger partial charge in [0, 0.05) is 35.8 Å². The van der Waals surface area contributed by atoms with E-state index in [9.17, 15) is 24.6 Å². The summed E-state index contributed by atoms with van der Waals surface area (Å²) in [6, 6.07) is 3.51. The van der Waals surface area contributed by atoms with Gasteiger partial charge in [-0.15, -0.1) is 11.8 Å². The summed E-state index contributed by atoms with van der Waals surface area (Å²) in [5.41, 5.74) is 1.05. The number of ether oxygens (including phenoxy) is 1. The Bertz CT molecular complexity index is 1040. The number of aliphatic hydroxyl groups excluding tert-OH is 1. The Morgan fingerprint density at radius 3 is 2.77 bits per heavy atom. The minimum Gasteiger partial charge on any atom is -0.477 e. The van der Waals surface area contributed by atoms with Crippen LogP contribution >= 0.6 is 11.8 Å². The molecule has 6 atom stereocenters.